The molecule has 0 heterocycles. The van der Waals surface area contributed by atoms with Crippen molar-refractivity contribution in [1.82, 2.24) is 15.1 Å². The number of nitrogens with one attached hydrogen (secondary N) is 1. The second-order valence-corrected chi connectivity index (χ2v) is 18.9. The van der Waals surface area contributed by atoms with Crippen LogP contribution in [0.5, 0.6) is 0 Å². The molecule has 1 N–H and O–H groups in total. The third-order valence-electron chi connectivity index (χ3n) is 10.5. The second-order valence-electron chi connectivity index (χ2n) is 16.2. The summed E-state index contributed by atoms with van der Waals surface area (Å²) in [6, 6.07) is 0. The first kappa shape index (κ1) is 57.5. The molecule has 0 radical (unpaired) electrons. The predicted molar refractivity (Wildman–Crippen MR) is 251 cm³/mol. The molecule has 0 aliphatic carbocycles. The van der Waals surface area contributed by atoms with Gasteiger partial charge in [-0.1, -0.05) is 164 Å². The van der Waals surface area contributed by atoms with Gasteiger partial charge in [-0.15, -0.1) is 0 Å². The van der Waals surface area contributed by atoms with E-state index in [9.17, 15) is 19.2 Å². The third kappa shape index (κ3) is 44.4. The number of esters is 3. The molecule has 0 spiro atoms. The SMILES string of the molecule is CCCCCCCCCCCCOC(=O)CCSSCCC(=O)NCCCN(C)CCCN(CCC(=O)OCCCCCCCC)CCC(=O)OCCCCCCCC. The lowest BCUT2D eigenvalue weighted by atomic mass is 10.1. The summed E-state index contributed by atoms with van der Waals surface area (Å²) in [7, 11) is 5.35. The number of hydrogen-bond donors (Lipinski definition) is 1. The molecule has 59 heavy (non-hydrogen) atoms. The van der Waals surface area contributed by atoms with Gasteiger partial charge in [-0.2, -0.15) is 0 Å². The molecular weight excluding hydrogens is 783 g/mol. The van der Waals surface area contributed by atoms with Gasteiger partial charge in [0.15, 0.2) is 0 Å². The van der Waals surface area contributed by atoms with Gasteiger partial charge in [0.05, 0.1) is 39.1 Å². The fourth-order valence-electron chi connectivity index (χ4n) is 6.68. The number of rotatable bonds is 46. The summed E-state index contributed by atoms with van der Waals surface area (Å²) in [4.78, 5) is 53.7. The van der Waals surface area contributed by atoms with E-state index in [0.29, 0.717) is 76.6 Å². The van der Waals surface area contributed by atoms with Crippen molar-refractivity contribution in [3.63, 3.8) is 0 Å². The van der Waals surface area contributed by atoms with Crippen LogP contribution >= 0.6 is 21.6 Å². The zero-order chi connectivity index (χ0) is 43.3. The Morgan fingerprint density at radius 2 is 0.797 bits per heavy atom. The van der Waals surface area contributed by atoms with Crippen LogP contribution < -0.4 is 5.32 Å². The Bertz CT molecular complexity index is 944. The summed E-state index contributed by atoms with van der Waals surface area (Å²) in [5.74, 6) is 1.01. The summed E-state index contributed by atoms with van der Waals surface area (Å²) in [5.41, 5.74) is 0. The number of amides is 1. The minimum atomic E-state index is -0.169. The Kier molecular flexibility index (Phi) is 44.8. The number of ether oxygens (including phenoxy) is 3. The van der Waals surface area contributed by atoms with E-state index in [1.807, 2.05) is 0 Å². The van der Waals surface area contributed by atoms with Gasteiger partial charge in [-0.3, -0.25) is 19.2 Å². The van der Waals surface area contributed by atoms with E-state index in [-0.39, 0.29) is 23.8 Å². The Hall–Kier alpha value is -1.50. The highest BCUT2D eigenvalue weighted by Crippen LogP contribution is 2.23. The van der Waals surface area contributed by atoms with Gasteiger partial charge in [0.1, 0.15) is 0 Å². The van der Waals surface area contributed by atoms with Crippen LogP contribution in [0.1, 0.15) is 201 Å². The number of nitrogens with zero attached hydrogens (tertiary/aromatic N) is 2. The molecule has 0 aromatic rings. The van der Waals surface area contributed by atoms with E-state index in [2.05, 4.69) is 42.9 Å². The van der Waals surface area contributed by atoms with Crippen LogP contribution in [-0.2, 0) is 33.4 Å². The average molecular weight is 874 g/mol. The summed E-state index contributed by atoms with van der Waals surface area (Å²) in [6.45, 7) is 12.5. The van der Waals surface area contributed by atoms with E-state index in [1.54, 1.807) is 21.6 Å². The van der Waals surface area contributed by atoms with E-state index in [4.69, 9.17) is 14.2 Å². The van der Waals surface area contributed by atoms with Gasteiger partial charge in [-0.25, -0.2) is 0 Å². The van der Waals surface area contributed by atoms with Crippen molar-refractivity contribution in [3.05, 3.63) is 0 Å². The second kappa shape index (κ2) is 46.0. The van der Waals surface area contributed by atoms with Gasteiger partial charge >= 0.3 is 17.9 Å². The van der Waals surface area contributed by atoms with Crippen LogP contribution in [-0.4, -0.2) is 111 Å². The van der Waals surface area contributed by atoms with Crippen LogP contribution in [0.3, 0.4) is 0 Å². The summed E-state index contributed by atoms with van der Waals surface area (Å²) in [5, 5.41) is 3.03. The smallest absolute Gasteiger partial charge is 0.307 e. The zero-order valence-electron chi connectivity index (χ0n) is 38.6. The topological polar surface area (TPSA) is 114 Å². The Labute approximate surface area is 370 Å². The number of carbonyl (C=O) groups excluding carboxylic acids is 4. The maximum absolute atomic E-state index is 12.5. The maximum Gasteiger partial charge on any atom is 0.307 e. The quantitative estimate of drug-likeness (QED) is 0.0273. The van der Waals surface area contributed by atoms with E-state index < -0.39 is 0 Å². The van der Waals surface area contributed by atoms with Crippen molar-refractivity contribution in [2.45, 2.75) is 201 Å². The van der Waals surface area contributed by atoms with Crippen LogP contribution in [0.15, 0.2) is 0 Å². The zero-order valence-corrected chi connectivity index (χ0v) is 40.3. The summed E-state index contributed by atoms with van der Waals surface area (Å²) < 4.78 is 16.4. The van der Waals surface area contributed by atoms with Crippen molar-refractivity contribution >= 4 is 45.4 Å². The Balaban J connectivity index is 4.13. The molecule has 0 saturated carbocycles. The fraction of sp³-hybridized carbons (Fsp3) is 0.915. The Morgan fingerprint density at radius 3 is 1.24 bits per heavy atom. The van der Waals surface area contributed by atoms with Gasteiger partial charge in [0, 0.05) is 37.6 Å². The average Bonchev–Trinajstić information content (AvgIpc) is 3.22. The fourth-order valence-corrected chi connectivity index (χ4v) is 8.64. The highest BCUT2D eigenvalue weighted by Gasteiger charge is 2.13. The molecule has 0 aromatic carbocycles. The molecule has 10 nitrogen and oxygen atoms in total. The molecule has 0 aromatic heterocycles. The largest absolute Gasteiger partial charge is 0.466 e. The third-order valence-corrected chi connectivity index (χ3v) is 12.9. The first-order chi connectivity index (χ1) is 28.8. The van der Waals surface area contributed by atoms with Gasteiger partial charge in [0.25, 0.3) is 0 Å². The maximum atomic E-state index is 12.5. The lowest BCUT2D eigenvalue weighted by Crippen LogP contribution is -2.33. The lowest BCUT2D eigenvalue weighted by molar-refractivity contribution is -0.145. The molecule has 1 amide bonds. The summed E-state index contributed by atoms with van der Waals surface area (Å²) in [6.07, 6.45) is 29.8. The molecular formula is C47H91N3O7S2. The first-order valence-corrected chi connectivity index (χ1v) is 26.7. The minimum Gasteiger partial charge on any atom is -0.466 e. The molecule has 0 saturated heterocycles. The normalized spacial score (nSPS) is 11.4. The molecule has 0 aliphatic heterocycles. The molecule has 0 unspecified atom stereocenters. The predicted octanol–water partition coefficient (Wildman–Crippen LogP) is 11.3. The molecule has 0 atom stereocenters. The first-order valence-electron chi connectivity index (χ1n) is 24.2. The molecule has 0 bridgehead atoms. The number of unbranched alkanes of at least 4 members (excludes halogenated alkanes) is 19. The standard InChI is InChI=1S/C47H91N3O7S2/c1-5-8-11-14-17-18-19-20-23-26-41-57-47(54)32-43-59-58-42-31-44(51)48-33-27-34-49(4)35-28-36-50(37-29-45(52)55-39-24-21-15-12-9-6-2)38-30-46(53)56-40-25-22-16-13-10-7-3/h5-43H2,1-4H3,(H,48,51). The molecule has 0 aliphatic rings. The lowest BCUT2D eigenvalue weighted by Gasteiger charge is -2.23. The van der Waals surface area contributed by atoms with Crippen LogP contribution in [0.25, 0.3) is 0 Å². The number of carbonyl (C=O) groups is 4. The van der Waals surface area contributed by atoms with Crippen molar-refractivity contribution in [3.8, 4) is 0 Å². The van der Waals surface area contributed by atoms with Crippen LogP contribution in [0.2, 0.25) is 0 Å². The molecule has 12 heteroatoms. The van der Waals surface area contributed by atoms with Crippen molar-refractivity contribution in [1.29, 1.82) is 0 Å². The van der Waals surface area contributed by atoms with Crippen LogP contribution in [0.4, 0.5) is 0 Å². The monoisotopic (exact) mass is 874 g/mol. The van der Waals surface area contributed by atoms with Crippen molar-refractivity contribution in [2.75, 3.05) is 77.6 Å². The molecule has 0 fully saturated rings. The minimum absolute atomic E-state index is 0.0586. The van der Waals surface area contributed by atoms with E-state index in [0.717, 1.165) is 71.0 Å². The van der Waals surface area contributed by atoms with E-state index >= 15 is 0 Å². The molecule has 0 rings (SSSR count). The van der Waals surface area contributed by atoms with Crippen molar-refractivity contribution < 1.29 is 33.4 Å². The van der Waals surface area contributed by atoms with Gasteiger partial charge < -0.3 is 29.3 Å². The van der Waals surface area contributed by atoms with Crippen molar-refractivity contribution in [2.24, 2.45) is 0 Å². The molecule has 348 valence electrons. The van der Waals surface area contributed by atoms with Crippen LogP contribution in [0, 0.1) is 0 Å². The van der Waals surface area contributed by atoms with Gasteiger partial charge in [-0.05, 0) is 58.8 Å². The van der Waals surface area contributed by atoms with E-state index in [1.165, 1.54) is 103 Å². The summed E-state index contributed by atoms with van der Waals surface area (Å²) >= 11 is 0. The highest BCUT2D eigenvalue weighted by atomic mass is 33.1. The highest BCUT2D eigenvalue weighted by molar-refractivity contribution is 8.76. The number of hydrogen-bond acceptors (Lipinski definition) is 11. The Morgan fingerprint density at radius 1 is 0.424 bits per heavy atom. The van der Waals surface area contributed by atoms with Gasteiger partial charge in [0.2, 0.25) is 5.91 Å².